The third-order valence-electron chi connectivity index (χ3n) is 5.57. The highest BCUT2D eigenvalue weighted by Gasteiger charge is 2.29. The van der Waals surface area contributed by atoms with Crippen LogP contribution in [-0.2, 0) is 17.6 Å². The molecule has 0 radical (unpaired) electrons. The summed E-state index contributed by atoms with van der Waals surface area (Å²) in [5, 5.41) is 6.90. The fourth-order valence-electron chi connectivity index (χ4n) is 4.03. The van der Waals surface area contributed by atoms with Crippen LogP contribution in [0, 0.1) is 0 Å². The number of nitrogens with one attached hydrogen (secondary N) is 2. The zero-order valence-corrected chi connectivity index (χ0v) is 17.1. The summed E-state index contributed by atoms with van der Waals surface area (Å²) < 4.78 is 13.4. The number of anilines is 2. The van der Waals surface area contributed by atoms with Crippen LogP contribution in [0.15, 0.2) is 58.6 Å². The van der Waals surface area contributed by atoms with Gasteiger partial charge >= 0.3 is 0 Å². The number of rotatable bonds is 5. The fourth-order valence-corrected chi connectivity index (χ4v) is 5.21. The number of aromatic nitrogens is 4. The van der Waals surface area contributed by atoms with Crippen LogP contribution in [0.25, 0.3) is 5.69 Å². The Morgan fingerprint density at radius 2 is 1.93 bits per heavy atom. The lowest BCUT2D eigenvalue weighted by Crippen LogP contribution is -2.22. The van der Waals surface area contributed by atoms with Gasteiger partial charge in [-0.25, -0.2) is 15.0 Å². The van der Waals surface area contributed by atoms with E-state index < -0.39 is 11.2 Å². The predicted molar refractivity (Wildman–Crippen MR) is 116 cm³/mol. The summed E-state index contributed by atoms with van der Waals surface area (Å²) in [6.07, 6.45) is 8.87. The van der Waals surface area contributed by atoms with Gasteiger partial charge in [-0.2, -0.15) is 0 Å². The van der Waals surface area contributed by atoms with Crippen molar-refractivity contribution in [2.45, 2.75) is 42.7 Å². The Morgan fingerprint density at radius 3 is 2.73 bits per heavy atom. The molecule has 1 aliphatic carbocycles. The lowest BCUT2D eigenvalue weighted by molar-refractivity contribution is 0.598. The average molecular weight is 423 g/mol. The quantitative estimate of drug-likeness (QED) is 0.607. The van der Waals surface area contributed by atoms with E-state index in [1.807, 2.05) is 18.2 Å². The first kappa shape index (κ1) is 19.1. The first-order valence-corrected chi connectivity index (χ1v) is 11.4. The normalized spacial score (nSPS) is 22.6. The summed E-state index contributed by atoms with van der Waals surface area (Å²) in [7, 11) is 0. The minimum Gasteiger partial charge on any atom is -0.611 e. The van der Waals surface area contributed by atoms with Crippen molar-refractivity contribution in [2.75, 3.05) is 16.4 Å². The zero-order valence-electron chi connectivity index (χ0n) is 16.3. The van der Waals surface area contributed by atoms with E-state index in [1.54, 1.807) is 29.2 Å². The van der Waals surface area contributed by atoms with Gasteiger partial charge in [0.15, 0.2) is 4.90 Å². The molecule has 1 aliphatic heterocycles. The number of fused-ring (bicyclic) bond motifs is 1. The maximum atomic E-state index is 11.9. The summed E-state index contributed by atoms with van der Waals surface area (Å²) in [4.78, 5) is 26.1. The average Bonchev–Trinajstić information content (AvgIpc) is 3.35. The summed E-state index contributed by atoms with van der Waals surface area (Å²) in [6.45, 7) is 0. The van der Waals surface area contributed by atoms with Gasteiger partial charge in [-0.1, -0.05) is 6.07 Å². The van der Waals surface area contributed by atoms with Crippen LogP contribution in [-0.4, -0.2) is 41.9 Å². The second-order valence-corrected chi connectivity index (χ2v) is 9.15. The van der Waals surface area contributed by atoms with Crippen molar-refractivity contribution in [3.63, 3.8) is 0 Å². The van der Waals surface area contributed by atoms with Crippen molar-refractivity contribution in [1.29, 1.82) is 0 Å². The monoisotopic (exact) mass is 422 g/mol. The molecule has 4 heterocycles. The summed E-state index contributed by atoms with van der Waals surface area (Å²) in [5.41, 5.74) is 1.57. The summed E-state index contributed by atoms with van der Waals surface area (Å²) in [6, 6.07) is 9.47. The van der Waals surface area contributed by atoms with Crippen LogP contribution in [0.5, 0.6) is 0 Å². The van der Waals surface area contributed by atoms with Gasteiger partial charge < -0.3 is 15.2 Å². The van der Waals surface area contributed by atoms with Gasteiger partial charge in [0.05, 0.1) is 18.1 Å². The molecule has 9 heteroatoms. The van der Waals surface area contributed by atoms with Crippen LogP contribution in [0.4, 0.5) is 11.8 Å². The molecule has 2 aliphatic rings. The summed E-state index contributed by atoms with van der Waals surface area (Å²) in [5.74, 6) is 2.06. The van der Waals surface area contributed by atoms with Gasteiger partial charge in [-0.05, 0) is 48.6 Å². The Labute approximate surface area is 177 Å². The van der Waals surface area contributed by atoms with Crippen molar-refractivity contribution in [3.05, 3.63) is 65.0 Å². The summed E-state index contributed by atoms with van der Waals surface area (Å²) >= 11 is -0.942. The van der Waals surface area contributed by atoms with E-state index in [9.17, 15) is 9.35 Å². The number of aryl methyl sites for hydroxylation is 1. The fraction of sp³-hybridized carbons (Fsp3) is 0.333. The third-order valence-corrected chi connectivity index (χ3v) is 6.97. The number of pyridine rings is 2. The molecule has 1 unspecified atom stereocenters. The van der Waals surface area contributed by atoms with Crippen molar-refractivity contribution < 1.29 is 4.55 Å². The van der Waals surface area contributed by atoms with Crippen LogP contribution < -0.4 is 16.2 Å². The van der Waals surface area contributed by atoms with Crippen LogP contribution in [0.3, 0.4) is 0 Å². The molecule has 0 amide bonds. The zero-order chi connectivity index (χ0) is 20.5. The van der Waals surface area contributed by atoms with Crippen LogP contribution in [0.1, 0.15) is 25.0 Å². The molecule has 5 rings (SSSR count). The molecular formula is C21H22N6O2S. The SMILES string of the molecule is O=c1ccccn1-c1ccc(N[C@H]2CC[C@H](Nc3ncc4c(n3)CC[S+]4[O-])C2)nc1. The second kappa shape index (κ2) is 8.08. The second-order valence-electron chi connectivity index (χ2n) is 7.61. The molecule has 154 valence electrons. The smallest absolute Gasteiger partial charge is 0.255 e. The molecule has 30 heavy (non-hydrogen) atoms. The minimum absolute atomic E-state index is 0.0790. The highest BCUT2D eigenvalue weighted by molar-refractivity contribution is 7.91. The Hall–Kier alpha value is -2.91. The maximum Gasteiger partial charge on any atom is 0.255 e. The Morgan fingerprint density at radius 1 is 1.07 bits per heavy atom. The van der Waals surface area contributed by atoms with Crippen molar-refractivity contribution in [1.82, 2.24) is 19.5 Å². The van der Waals surface area contributed by atoms with E-state index in [-0.39, 0.29) is 11.6 Å². The van der Waals surface area contributed by atoms with E-state index in [0.29, 0.717) is 17.7 Å². The minimum atomic E-state index is -0.942. The molecule has 0 spiro atoms. The van der Waals surface area contributed by atoms with E-state index in [0.717, 1.165) is 47.8 Å². The van der Waals surface area contributed by atoms with E-state index in [1.165, 1.54) is 6.07 Å². The predicted octanol–water partition coefficient (Wildman–Crippen LogP) is 2.13. The molecule has 8 nitrogen and oxygen atoms in total. The molecule has 3 aromatic heterocycles. The number of hydrogen-bond donors (Lipinski definition) is 2. The molecule has 0 saturated heterocycles. The van der Waals surface area contributed by atoms with Crippen LogP contribution >= 0.6 is 0 Å². The van der Waals surface area contributed by atoms with Gasteiger partial charge in [-0.15, -0.1) is 0 Å². The van der Waals surface area contributed by atoms with Gasteiger partial charge in [-0.3, -0.25) is 9.36 Å². The molecule has 1 saturated carbocycles. The largest absolute Gasteiger partial charge is 0.611 e. The van der Waals surface area contributed by atoms with Gasteiger partial charge in [0, 0.05) is 30.8 Å². The number of nitrogens with zero attached hydrogens (tertiary/aromatic N) is 4. The highest BCUT2D eigenvalue weighted by atomic mass is 32.2. The Balaban J connectivity index is 1.19. The standard InChI is InChI=1S/C21H22N6O2S/c28-20-3-1-2-9-27(20)16-6-7-19(22-12-16)24-14-4-5-15(11-14)25-21-23-13-18-17(26-21)8-10-30(18)29/h1-3,6-7,9,12-15H,4-5,8,10-11H2,(H,22,24)(H,23,25,26)/t14-,15-,30?/m0/s1. The van der Waals surface area contributed by atoms with Crippen molar-refractivity contribution >= 4 is 22.9 Å². The molecular weight excluding hydrogens is 400 g/mol. The Kier molecular flexibility index (Phi) is 5.14. The van der Waals surface area contributed by atoms with E-state index >= 15 is 0 Å². The molecule has 2 N–H and O–H groups in total. The van der Waals surface area contributed by atoms with Crippen molar-refractivity contribution in [3.8, 4) is 5.69 Å². The maximum absolute atomic E-state index is 11.9. The topological polar surface area (TPSA) is 108 Å². The first-order chi connectivity index (χ1) is 14.7. The van der Waals surface area contributed by atoms with Gasteiger partial charge in [0.1, 0.15) is 17.3 Å². The Bertz CT molecular complexity index is 1100. The number of hydrogen-bond acceptors (Lipinski definition) is 7. The molecule has 1 fully saturated rings. The highest BCUT2D eigenvalue weighted by Crippen LogP contribution is 2.27. The molecule has 0 bridgehead atoms. The lowest BCUT2D eigenvalue weighted by Gasteiger charge is -2.15. The van der Waals surface area contributed by atoms with Gasteiger partial charge in [0.2, 0.25) is 5.95 Å². The van der Waals surface area contributed by atoms with Crippen molar-refractivity contribution in [2.24, 2.45) is 0 Å². The molecule has 3 aromatic rings. The van der Waals surface area contributed by atoms with E-state index in [2.05, 4.69) is 25.6 Å². The van der Waals surface area contributed by atoms with Gasteiger partial charge in [0.25, 0.3) is 5.56 Å². The molecule has 3 atom stereocenters. The van der Waals surface area contributed by atoms with Crippen LogP contribution in [0.2, 0.25) is 0 Å². The third kappa shape index (κ3) is 3.90. The molecule has 0 aromatic carbocycles. The first-order valence-electron chi connectivity index (χ1n) is 10.1. The lowest BCUT2D eigenvalue weighted by atomic mass is 10.2. The van der Waals surface area contributed by atoms with E-state index in [4.69, 9.17) is 0 Å².